The number of ether oxygens (including phenoxy) is 3. The maximum atomic E-state index is 11.9. The van der Waals surface area contributed by atoms with E-state index in [9.17, 15) is 4.79 Å². The van der Waals surface area contributed by atoms with E-state index >= 15 is 0 Å². The van der Waals surface area contributed by atoms with Gasteiger partial charge in [0.2, 0.25) is 5.89 Å². The largest absolute Gasteiger partial charge is 0.497 e. The molecule has 0 saturated carbocycles. The summed E-state index contributed by atoms with van der Waals surface area (Å²) < 4.78 is 21.6. The number of hydrogen-bond donors (Lipinski definition) is 0. The Labute approximate surface area is 161 Å². The van der Waals surface area contributed by atoms with E-state index in [1.54, 1.807) is 18.4 Å². The van der Waals surface area contributed by atoms with Crippen LogP contribution in [0.2, 0.25) is 0 Å². The van der Waals surface area contributed by atoms with Crippen LogP contribution in [0.15, 0.2) is 46.2 Å². The van der Waals surface area contributed by atoms with Gasteiger partial charge >= 0.3 is 5.97 Å². The van der Waals surface area contributed by atoms with Gasteiger partial charge in [0, 0.05) is 6.42 Å². The van der Waals surface area contributed by atoms with Gasteiger partial charge in [-0.05, 0) is 49.1 Å². The Morgan fingerprint density at radius 2 is 1.96 bits per heavy atom. The van der Waals surface area contributed by atoms with E-state index in [1.165, 1.54) is 0 Å². The van der Waals surface area contributed by atoms with E-state index in [0.717, 1.165) is 16.4 Å². The Balaban J connectivity index is 1.38. The highest BCUT2D eigenvalue weighted by Crippen LogP contribution is 2.26. The summed E-state index contributed by atoms with van der Waals surface area (Å²) in [5.74, 6) is 2.45. The summed E-state index contributed by atoms with van der Waals surface area (Å²) in [6, 6.07) is 11.2. The summed E-state index contributed by atoms with van der Waals surface area (Å²) in [7, 11) is 1.62. The van der Waals surface area contributed by atoms with E-state index < -0.39 is 0 Å². The predicted octanol–water partition coefficient (Wildman–Crippen LogP) is 4.62. The fourth-order valence-electron chi connectivity index (χ4n) is 2.37. The van der Waals surface area contributed by atoms with E-state index in [1.807, 2.05) is 48.7 Å². The van der Waals surface area contributed by atoms with Crippen molar-refractivity contribution in [1.82, 2.24) is 4.98 Å². The second-order valence-electron chi connectivity index (χ2n) is 5.79. The Hall–Kier alpha value is -2.80. The molecule has 6 nitrogen and oxygen atoms in total. The van der Waals surface area contributed by atoms with Crippen molar-refractivity contribution < 1.29 is 23.4 Å². The first-order valence-corrected chi connectivity index (χ1v) is 9.46. The predicted molar refractivity (Wildman–Crippen MR) is 102 cm³/mol. The zero-order valence-corrected chi connectivity index (χ0v) is 16.1. The minimum absolute atomic E-state index is 0.110. The first kappa shape index (κ1) is 19.0. The van der Waals surface area contributed by atoms with Crippen LogP contribution < -0.4 is 9.47 Å². The molecule has 3 rings (SSSR count). The minimum Gasteiger partial charge on any atom is -0.497 e. The van der Waals surface area contributed by atoms with Crippen molar-refractivity contribution in [3.05, 3.63) is 53.2 Å². The Morgan fingerprint density at radius 3 is 2.67 bits per heavy atom. The molecule has 27 heavy (non-hydrogen) atoms. The molecule has 0 aliphatic heterocycles. The molecule has 7 heteroatoms. The Morgan fingerprint density at radius 1 is 1.19 bits per heavy atom. The number of aryl methyl sites for hydroxylation is 1. The van der Waals surface area contributed by atoms with Gasteiger partial charge in [0.25, 0.3) is 0 Å². The smallest absolute Gasteiger partial charge is 0.306 e. The monoisotopic (exact) mass is 387 g/mol. The lowest BCUT2D eigenvalue weighted by molar-refractivity contribution is -0.145. The molecular formula is C20H21NO5S. The SMILES string of the molecule is COc1ccc(OCCCC(=O)OCc2nc(-c3cccs3)oc2C)cc1. The van der Waals surface area contributed by atoms with Gasteiger partial charge in [-0.1, -0.05) is 6.07 Å². The van der Waals surface area contributed by atoms with Crippen LogP contribution in [0.4, 0.5) is 0 Å². The fourth-order valence-corrected chi connectivity index (χ4v) is 3.02. The molecule has 3 aromatic rings. The summed E-state index contributed by atoms with van der Waals surface area (Å²) in [6.07, 6.45) is 0.855. The molecule has 0 N–H and O–H groups in total. The third kappa shape index (κ3) is 5.34. The minimum atomic E-state index is -0.284. The average Bonchev–Trinajstić information content (AvgIpc) is 3.34. The zero-order valence-electron chi connectivity index (χ0n) is 15.3. The van der Waals surface area contributed by atoms with Gasteiger partial charge in [-0.15, -0.1) is 11.3 Å². The van der Waals surface area contributed by atoms with E-state index in [-0.39, 0.29) is 19.0 Å². The summed E-state index contributed by atoms with van der Waals surface area (Å²) in [4.78, 5) is 17.3. The Kier molecular flexibility index (Phi) is 6.49. The number of hydrogen-bond acceptors (Lipinski definition) is 7. The van der Waals surface area contributed by atoms with Crippen LogP contribution in [0.3, 0.4) is 0 Å². The number of benzene rings is 1. The molecular weight excluding hydrogens is 366 g/mol. The van der Waals surface area contributed by atoms with Gasteiger partial charge in [-0.2, -0.15) is 0 Å². The quantitative estimate of drug-likeness (QED) is 0.394. The number of carbonyl (C=O) groups excluding carboxylic acids is 1. The second-order valence-corrected chi connectivity index (χ2v) is 6.74. The molecule has 2 aromatic heterocycles. The van der Waals surface area contributed by atoms with Crippen LogP contribution in [-0.4, -0.2) is 24.7 Å². The van der Waals surface area contributed by atoms with E-state index in [2.05, 4.69) is 4.98 Å². The number of rotatable bonds is 9. The molecule has 0 amide bonds. The summed E-state index contributed by atoms with van der Waals surface area (Å²) in [5.41, 5.74) is 0.640. The number of esters is 1. The molecule has 0 bridgehead atoms. The molecule has 0 atom stereocenters. The number of oxazole rings is 1. The maximum Gasteiger partial charge on any atom is 0.306 e. The van der Waals surface area contributed by atoms with E-state index in [0.29, 0.717) is 30.4 Å². The number of aromatic nitrogens is 1. The number of nitrogens with zero attached hydrogens (tertiary/aromatic N) is 1. The van der Waals surface area contributed by atoms with Crippen molar-refractivity contribution in [2.75, 3.05) is 13.7 Å². The van der Waals surface area contributed by atoms with Crippen LogP contribution in [0.5, 0.6) is 11.5 Å². The summed E-state index contributed by atoms with van der Waals surface area (Å²) in [5, 5.41) is 1.96. The standard InChI is InChI=1S/C20H21NO5S/c1-14-17(21-20(26-14)18-5-4-12-27-18)13-25-19(22)6-3-11-24-16-9-7-15(23-2)8-10-16/h4-5,7-10,12H,3,6,11,13H2,1-2H3. The molecule has 1 aromatic carbocycles. The lowest BCUT2D eigenvalue weighted by Gasteiger charge is -2.07. The number of methoxy groups -OCH3 is 1. The molecule has 0 fully saturated rings. The molecule has 2 heterocycles. The summed E-state index contributed by atoms with van der Waals surface area (Å²) in [6.45, 7) is 2.36. The molecule has 0 saturated heterocycles. The third-order valence-electron chi connectivity index (χ3n) is 3.85. The lowest BCUT2D eigenvalue weighted by atomic mass is 10.3. The van der Waals surface area contributed by atoms with Crippen LogP contribution in [0.1, 0.15) is 24.3 Å². The van der Waals surface area contributed by atoms with Crippen molar-refractivity contribution >= 4 is 17.3 Å². The van der Waals surface area contributed by atoms with Crippen molar-refractivity contribution in [3.63, 3.8) is 0 Å². The van der Waals surface area contributed by atoms with Crippen LogP contribution in [-0.2, 0) is 16.1 Å². The number of thiophene rings is 1. The highest BCUT2D eigenvalue weighted by atomic mass is 32.1. The molecule has 0 aliphatic rings. The van der Waals surface area contributed by atoms with Gasteiger partial charge in [0.1, 0.15) is 29.6 Å². The van der Waals surface area contributed by atoms with Crippen molar-refractivity contribution in [1.29, 1.82) is 0 Å². The topological polar surface area (TPSA) is 70.8 Å². The molecule has 0 aliphatic carbocycles. The maximum absolute atomic E-state index is 11.9. The first-order valence-electron chi connectivity index (χ1n) is 8.58. The van der Waals surface area contributed by atoms with Crippen LogP contribution >= 0.6 is 11.3 Å². The highest BCUT2D eigenvalue weighted by molar-refractivity contribution is 7.13. The van der Waals surface area contributed by atoms with Gasteiger partial charge in [-0.25, -0.2) is 4.98 Å². The fraction of sp³-hybridized carbons (Fsp3) is 0.300. The van der Waals surface area contributed by atoms with Gasteiger partial charge in [0.15, 0.2) is 0 Å². The molecule has 0 spiro atoms. The third-order valence-corrected chi connectivity index (χ3v) is 4.71. The second kappa shape index (κ2) is 9.23. The van der Waals surface area contributed by atoms with Crippen LogP contribution in [0, 0.1) is 6.92 Å². The molecule has 0 radical (unpaired) electrons. The van der Waals surface area contributed by atoms with Gasteiger partial charge < -0.3 is 18.6 Å². The Bertz CT molecular complexity index is 855. The normalized spacial score (nSPS) is 10.6. The zero-order chi connectivity index (χ0) is 19.1. The van der Waals surface area contributed by atoms with Crippen LogP contribution in [0.25, 0.3) is 10.8 Å². The average molecular weight is 387 g/mol. The van der Waals surface area contributed by atoms with Crippen molar-refractivity contribution in [3.8, 4) is 22.3 Å². The number of carbonyl (C=O) groups is 1. The van der Waals surface area contributed by atoms with E-state index in [4.69, 9.17) is 18.6 Å². The first-order chi connectivity index (χ1) is 13.2. The molecule has 0 unspecified atom stereocenters. The van der Waals surface area contributed by atoms with Gasteiger partial charge in [-0.3, -0.25) is 4.79 Å². The highest BCUT2D eigenvalue weighted by Gasteiger charge is 2.14. The van der Waals surface area contributed by atoms with Crippen molar-refractivity contribution in [2.45, 2.75) is 26.4 Å². The molecule has 142 valence electrons. The van der Waals surface area contributed by atoms with Gasteiger partial charge in [0.05, 0.1) is 18.6 Å². The summed E-state index contributed by atoms with van der Waals surface area (Å²) >= 11 is 1.55. The lowest BCUT2D eigenvalue weighted by Crippen LogP contribution is -2.08. The van der Waals surface area contributed by atoms with Crippen molar-refractivity contribution in [2.24, 2.45) is 0 Å².